The Morgan fingerprint density at radius 3 is 3.05 bits per heavy atom. The molecule has 0 bridgehead atoms. The highest BCUT2D eigenvalue weighted by atomic mass is 16.2. The molecule has 98 valence electrons. The van der Waals surface area contributed by atoms with Crippen LogP contribution in [0.2, 0.25) is 0 Å². The monoisotopic (exact) mass is 256 g/mol. The van der Waals surface area contributed by atoms with Crippen LogP contribution in [0.5, 0.6) is 0 Å². The standard InChI is InChI=1S/C14H16N4O/c1-10-3-2-4-13(16-10)14(19)18-8-6-11(9-18)12-5-7-15-17-12/h2-5,7,11H,6,8-9H2,1H3,(H,15,17)/t11-/m0/s1. The van der Waals surface area contributed by atoms with Crippen molar-refractivity contribution in [2.24, 2.45) is 0 Å². The Morgan fingerprint density at radius 1 is 1.42 bits per heavy atom. The van der Waals surface area contributed by atoms with E-state index in [0.29, 0.717) is 11.6 Å². The molecule has 1 aliphatic rings. The van der Waals surface area contributed by atoms with Gasteiger partial charge < -0.3 is 4.90 Å². The van der Waals surface area contributed by atoms with Crippen LogP contribution in [-0.4, -0.2) is 39.1 Å². The molecule has 5 heteroatoms. The Bertz CT molecular complexity index is 579. The van der Waals surface area contributed by atoms with Crippen LogP contribution in [0.15, 0.2) is 30.5 Å². The van der Waals surface area contributed by atoms with Crippen LogP contribution in [0.25, 0.3) is 0 Å². The third kappa shape index (κ3) is 2.36. The van der Waals surface area contributed by atoms with Gasteiger partial charge in [-0.25, -0.2) is 4.98 Å². The highest BCUT2D eigenvalue weighted by molar-refractivity contribution is 5.92. The van der Waals surface area contributed by atoms with Crippen molar-refractivity contribution in [3.8, 4) is 0 Å². The maximum Gasteiger partial charge on any atom is 0.272 e. The van der Waals surface area contributed by atoms with Crippen LogP contribution >= 0.6 is 0 Å². The van der Waals surface area contributed by atoms with Crippen LogP contribution in [0.1, 0.15) is 34.2 Å². The molecule has 19 heavy (non-hydrogen) atoms. The molecule has 1 atom stereocenters. The second-order valence-corrected chi connectivity index (χ2v) is 4.91. The van der Waals surface area contributed by atoms with Crippen LogP contribution in [0, 0.1) is 6.92 Å². The number of carbonyl (C=O) groups excluding carboxylic acids is 1. The molecule has 1 N–H and O–H groups in total. The van der Waals surface area contributed by atoms with Crippen molar-refractivity contribution in [1.82, 2.24) is 20.1 Å². The van der Waals surface area contributed by atoms with Crippen molar-refractivity contribution in [1.29, 1.82) is 0 Å². The van der Waals surface area contributed by atoms with Gasteiger partial charge in [0.2, 0.25) is 0 Å². The molecule has 1 aliphatic heterocycles. The van der Waals surface area contributed by atoms with Crippen molar-refractivity contribution in [2.45, 2.75) is 19.3 Å². The first kappa shape index (κ1) is 11.9. The molecule has 0 aliphatic carbocycles. The molecule has 0 spiro atoms. The third-order valence-corrected chi connectivity index (χ3v) is 3.55. The van der Waals surface area contributed by atoms with Crippen molar-refractivity contribution in [2.75, 3.05) is 13.1 Å². The summed E-state index contributed by atoms with van der Waals surface area (Å²) in [6.07, 6.45) is 2.72. The predicted molar refractivity (Wildman–Crippen MR) is 70.8 cm³/mol. The van der Waals surface area contributed by atoms with Gasteiger partial charge in [-0.05, 0) is 31.5 Å². The molecule has 2 aromatic heterocycles. The summed E-state index contributed by atoms with van der Waals surface area (Å²) in [6, 6.07) is 7.52. The average molecular weight is 256 g/mol. The number of aryl methyl sites for hydroxylation is 1. The minimum Gasteiger partial charge on any atom is -0.337 e. The number of amides is 1. The third-order valence-electron chi connectivity index (χ3n) is 3.55. The largest absolute Gasteiger partial charge is 0.337 e. The molecule has 0 unspecified atom stereocenters. The topological polar surface area (TPSA) is 61.9 Å². The Labute approximate surface area is 111 Å². The molecule has 3 heterocycles. The zero-order valence-corrected chi connectivity index (χ0v) is 10.8. The van der Waals surface area contributed by atoms with Crippen molar-refractivity contribution < 1.29 is 4.79 Å². The normalized spacial score (nSPS) is 18.8. The Morgan fingerprint density at radius 2 is 2.32 bits per heavy atom. The number of nitrogens with zero attached hydrogens (tertiary/aromatic N) is 3. The Balaban J connectivity index is 1.73. The van der Waals surface area contributed by atoms with E-state index in [-0.39, 0.29) is 5.91 Å². The van der Waals surface area contributed by atoms with Gasteiger partial charge in [0.25, 0.3) is 5.91 Å². The average Bonchev–Trinajstić information content (AvgIpc) is 3.08. The first-order chi connectivity index (χ1) is 9.24. The summed E-state index contributed by atoms with van der Waals surface area (Å²) in [6.45, 7) is 3.41. The molecule has 0 aromatic carbocycles. The fourth-order valence-corrected chi connectivity index (χ4v) is 2.52. The molecular formula is C14H16N4O. The van der Waals surface area contributed by atoms with Crippen LogP contribution in [0.4, 0.5) is 0 Å². The van der Waals surface area contributed by atoms with Gasteiger partial charge in [-0.3, -0.25) is 9.89 Å². The van der Waals surface area contributed by atoms with E-state index in [1.54, 1.807) is 12.3 Å². The lowest BCUT2D eigenvalue weighted by Gasteiger charge is -2.15. The van der Waals surface area contributed by atoms with Gasteiger partial charge in [0.1, 0.15) is 5.69 Å². The Hall–Kier alpha value is -2.17. The molecule has 5 nitrogen and oxygen atoms in total. The van der Waals surface area contributed by atoms with E-state index >= 15 is 0 Å². The zero-order valence-electron chi connectivity index (χ0n) is 10.8. The predicted octanol–water partition coefficient (Wildman–Crippen LogP) is 1.74. The lowest BCUT2D eigenvalue weighted by atomic mass is 10.1. The Kier molecular flexibility index (Phi) is 3.03. The summed E-state index contributed by atoms with van der Waals surface area (Å²) < 4.78 is 0. The summed E-state index contributed by atoms with van der Waals surface area (Å²) in [4.78, 5) is 18.5. The SMILES string of the molecule is Cc1cccc(C(=O)N2CC[C@H](c3ccn[nH]3)C2)n1. The molecule has 0 saturated carbocycles. The number of hydrogen-bond acceptors (Lipinski definition) is 3. The molecule has 1 saturated heterocycles. The smallest absolute Gasteiger partial charge is 0.272 e. The first-order valence-electron chi connectivity index (χ1n) is 6.46. The number of rotatable bonds is 2. The summed E-state index contributed by atoms with van der Waals surface area (Å²) in [5.41, 5.74) is 2.51. The van der Waals surface area contributed by atoms with E-state index < -0.39 is 0 Å². The lowest BCUT2D eigenvalue weighted by molar-refractivity contribution is 0.0784. The second-order valence-electron chi connectivity index (χ2n) is 4.91. The number of carbonyl (C=O) groups is 1. The van der Waals surface area contributed by atoms with Gasteiger partial charge in [-0.1, -0.05) is 6.07 Å². The van der Waals surface area contributed by atoms with E-state index in [2.05, 4.69) is 15.2 Å². The minimum absolute atomic E-state index is 0.0192. The van der Waals surface area contributed by atoms with E-state index in [9.17, 15) is 4.79 Å². The zero-order chi connectivity index (χ0) is 13.2. The van der Waals surface area contributed by atoms with E-state index in [1.807, 2.05) is 30.0 Å². The van der Waals surface area contributed by atoms with Crippen molar-refractivity contribution >= 4 is 5.91 Å². The molecular weight excluding hydrogens is 240 g/mol. The van der Waals surface area contributed by atoms with E-state index in [4.69, 9.17) is 0 Å². The number of pyridine rings is 1. The van der Waals surface area contributed by atoms with Gasteiger partial charge in [0.15, 0.2) is 0 Å². The van der Waals surface area contributed by atoms with Crippen molar-refractivity contribution in [3.63, 3.8) is 0 Å². The van der Waals surface area contributed by atoms with Crippen molar-refractivity contribution in [3.05, 3.63) is 47.5 Å². The first-order valence-corrected chi connectivity index (χ1v) is 6.46. The fraction of sp³-hybridized carbons (Fsp3) is 0.357. The summed E-state index contributed by atoms with van der Waals surface area (Å²) >= 11 is 0. The van der Waals surface area contributed by atoms with Gasteiger partial charge in [0.05, 0.1) is 0 Å². The van der Waals surface area contributed by atoms with Crippen LogP contribution < -0.4 is 0 Å². The number of likely N-dealkylation sites (tertiary alicyclic amines) is 1. The van der Waals surface area contributed by atoms with Crippen LogP contribution in [0.3, 0.4) is 0 Å². The molecule has 0 radical (unpaired) electrons. The maximum atomic E-state index is 12.4. The highest BCUT2D eigenvalue weighted by Gasteiger charge is 2.29. The van der Waals surface area contributed by atoms with Gasteiger partial charge in [-0.15, -0.1) is 0 Å². The number of hydrogen-bond donors (Lipinski definition) is 1. The second kappa shape index (κ2) is 4.84. The molecule has 1 amide bonds. The van der Waals surface area contributed by atoms with Crippen LogP contribution in [-0.2, 0) is 0 Å². The number of H-pyrrole nitrogens is 1. The molecule has 3 rings (SSSR count). The van der Waals surface area contributed by atoms with Gasteiger partial charge in [0, 0.05) is 36.6 Å². The highest BCUT2D eigenvalue weighted by Crippen LogP contribution is 2.26. The number of aromatic nitrogens is 3. The number of aromatic amines is 1. The fourth-order valence-electron chi connectivity index (χ4n) is 2.52. The van der Waals surface area contributed by atoms with E-state index in [1.165, 1.54) is 0 Å². The minimum atomic E-state index is 0.0192. The summed E-state index contributed by atoms with van der Waals surface area (Å²) in [5.74, 6) is 0.377. The molecule has 1 fully saturated rings. The quantitative estimate of drug-likeness (QED) is 0.890. The summed E-state index contributed by atoms with van der Waals surface area (Å²) in [7, 11) is 0. The summed E-state index contributed by atoms with van der Waals surface area (Å²) in [5, 5.41) is 6.95. The van der Waals surface area contributed by atoms with Gasteiger partial charge >= 0.3 is 0 Å². The maximum absolute atomic E-state index is 12.4. The number of nitrogens with one attached hydrogen (secondary N) is 1. The van der Waals surface area contributed by atoms with E-state index in [0.717, 1.165) is 30.9 Å². The van der Waals surface area contributed by atoms with Gasteiger partial charge in [-0.2, -0.15) is 5.10 Å². The molecule has 2 aromatic rings. The lowest BCUT2D eigenvalue weighted by Crippen LogP contribution is -2.29.